The van der Waals surface area contributed by atoms with Crippen molar-refractivity contribution in [2.75, 3.05) is 37.2 Å². The second-order valence-electron chi connectivity index (χ2n) is 9.92. The number of fused-ring (bicyclic) bond motifs is 1. The molecule has 0 radical (unpaired) electrons. The molecule has 0 spiro atoms. The van der Waals surface area contributed by atoms with Crippen LogP contribution in [0.4, 0.5) is 5.69 Å². The Kier molecular flexibility index (Phi) is 8.65. The zero-order chi connectivity index (χ0) is 28.3. The topological polar surface area (TPSA) is 114 Å². The number of aryl methyl sites for hydroxylation is 1. The lowest BCUT2D eigenvalue weighted by Crippen LogP contribution is -2.33. The molecule has 40 heavy (non-hydrogen) atoms. The molecular weight excluding hydrogens is 570 g/mol. The van der Waals surface area contributed by atoms with E-state index >= 15 is 0 Å². The number of piperidine rings is 1. The number of hydrogen-bond donors (Lipinski definition) is 1. The van der Waals surface area contributed by atoms with Crippen molar-refractivity contribution in [3.63, 3.8) is 0 Å². The summed E-state index contributed by atoms with van der Waals surface area (Å²) in [6.07, 6.45) is 5.22. The molecule has 1 saturated heterocycles. The van der Waals surface area contributed by atoms with Crippen LogP contribution in [0.2, 0.25) is 4.34 Å². The molecule has 1 fully saturated rings. The molecule has 0 bridgehead atoms. The van der Waals surface area contributed by atoms with E-state index in [1.54, 1.807) is 25.1 Å². The zero-order valence-electron chi connectivity index (χ0n) is 22.1. The summed E-state index contributed by atoms with van der Waals surface area (Å²) in [6.45, 7) is 5.86. The number of pyridine rings is 1. The third-order valence-corrected chi connectivity index (χ3v) is 10.4. The fourth-order valence-electron chi connectivity index (χ4n) is 4.90. The summed E-state index contributed by atoms with van der Waals surface area (Å²) < 4.78 is 26.8. The molecule has 0 amide bonds. The Labute approximate surface area is 241 Å². The fourth-order valence-corrected chi connectivity index (χ4v) is 7.71. The van der Waals surface area contributed by atoms with E-state index < -0.39 is 21.4 Å². The Morgan fingerprint density at radius 3 is 2.60 bits per heavy atom. The van der Waals surface area contributed by atoms with Crippen molar-refractivity contribution in [3.05, 3.63) is 74.7 Å². The monoisotopic (exact) mass is 599 g/mol. The van der Waals surface area contributed by atoms with Crippen LogP contribution in [0.5, 0.6) is 0 Å². The van der Waals surface area contributed by atoms with E-state index in [9.17, 15) is 18.0 Å². The first-order valence-electron chi connectivity index (χ1n) is 13.1. The zero-order valence-corrected chi connectivity index (χ0v) is 24.5. The molecule has 0 saturated carbocycles. The first-order valence-corrected chi connectivity index (χ1v) is 16.0. The second kappa shape index (κ2) is 12.2. The van der Waals surface area contributed by atoms with Crippen molar-refractivity contribution in [2.45, 2.75) is 36.8 Å². The maximum absolute atomic E-state index is 13.4. The summed E-state index contributed by atoms with van der Waals surface area (Å²) in [6, 6.07) is 11.8. The van der Waals surface area contributed by atoms with Gasteiger partial charge in [0.15, 0.2) is 15.6 Å². The number of carbonyl (C=O) groups excluding carboxylic acids is 1. The van der Waals surface area contributed by atoms with Crippen molar-refractivity contribution in [1.29, 1.82) is 0 Å². The van der Waals surface area contributed by atoms with Gasteiger partial charge >= 0.3 is 0 Å². The lowest BCUT2D eigenvalue weighted by atomic mass is 10.1. The fraction of sp³-hybridized carbons (Fsp3) is 0.357. The van der Waals surface area contributed by atoms with Gasteiger partial charge in [0.2, 0.25) is 0 Å². The van der Waals surface area contributed by atoms with Crippen LogP contribution in [-0.4, -0.2) is 65.6 Å². The molecule has 9 nitrogen and oxygen atoms in total. The standard InChI is InChI=1S/C28H30ClN5O4S2/c1-19-32-24-16-21(30-11-14-33-12-3-2-4-13-33)6-7-23(24)28(36)34(19)26-9-5-20(17-31-26)15-22(35)18-40(37,38)27-10-8-25(29)39-27/h5-10,16-17,30H,2-4,11-15,18H2,1H3. The molecular formula is C28H30ClN5O4S2. The second-order valence-corrected chi connectivity index (χ2v) is 13.8. The van der Waals surface area contributed by atoms with E-state index in [2.05, 4.69) is 20.2 Å². The van der Waals surface area contributed by atoms with Gasteiger partial charge in [-0.1, -0.05) is 24.1 Å². The van der Waals surface area contributed by atoms with Gasteiger partial charge in [0, 0.05) is 31.4 Å². The molecule has 4 heterocycles. The Bertz CT molecular complexity index is 1690. The number of sulfone groups is 1. The number of anilines is 1. The SMILES string of the molecule is Cc1nc2cc(NCCN3CCCCC3)ccc2c(=O)n1-c1ccc(CC(=O)CS(=O)(=O)c2ccc(Cl)s2)cn1. The highest BCUT2D eigenvalue weighted by molar-refractivity contribution is 7.94. The van der Waals surface area contributed by atoms with Gasteiger partial charge in [-0.15, -0.1) is 11.3 Å². The third kappa shape index (κ3) is 6.60. The van der Waals surface area contributed by atoms with Gasteiger partial charge in [-0.2, -0.15) is 0 Å². The maximum atomic E-state index is 13.4. The number of nitrogens with one attached hydrogen (secondary N) is 1. The molecule has 0 atom stereocenters. The summed E-state index contributed by atoms with van der Waals surface area (Å²) in [5.41, 5.74) is 1.84. The van der Waals surface area contributed by atoms with E-state index in [0.29, 0.717) is 32.4 Å². The number of aromatic nitrogens is 3. The van der Waals surface area contributed by atoms with Gasteiger partial charge in [0.05, 0.1) is 15.2 Å². The van der Waals surface area contributed by atoms with Crippen LogP contribution in [0.15, 0.2) is 57.7 Å². The van der Waals surface area contributed by atoms with Gasteiger partial charge in [-0.3, -0.25) is 9.59 Å². The minimum absolute atomic E-state index is 0.0679. The molecule has 210 valence electrons. The van der Waals surface area contributed by atoms with Crippen molar-refractivity contribution < 1.29 is 13.2 Å². The minimum Gasteiger partial charge on any atom is -0.384 e. The normalized spacial score (nSPS) is 14.4. The molecule has 12 heteroatoms. The molecule has 3 aromatic heterocycles. The van der Waals surface area contributed by atoms with Crippen molar-refractivity contribution in [3.8, 4) is 5.82 Å². The minimum atomic E-state index is -3.75. The first kappa shape index (κ1) is 28.4. The Morgan fingerprint density at radius 2 is 1.90 bits per heavy atom. The Balaban J connectivity index is 1.26. The largest absolute Gasteiger partial charge is 0.384 e. The van der Waals surface area contributed by atoms with E-state index in [0.717, 1.165) is 43.2 Å². The molecule has 1 N–H and O–H groups in total. The molecule has 1 aliphatic rings. The summed E-state index contributed by atoms with van der Waals surface area (Å²) >= 11 is 6.75. The van der Waals surface area contributed by atoms with Gasteiger partial charge in [-0.25, -0.2) is 23.0 Å². The van der Waals surface area contributed by atoms with Crippen LogP contribution in [-0.2, 0) is 21.1 Å². The molecule has 1 aliphatic heterocycles. The van der Waals surface area contributed by atoms with Gasteiger partial charge in [0.1, 0.15) is 21.6 Å². The number of carbonyl (C=O) groups is 1. The maximum Gasteiger partial charge on any atom is 0.267 e. The van der Waals surface area contributed by atoms with E-state index in [4.69, 9.17) is 11.6 Å². The number of rotatable bonds is 10. The van der Waals surface area contributed by atoms with Crippen LogP contribution < -0.4 is 10.9 Å². The Hall–Kier alpha value is -3.12. The first-order chi connectivity index (χ1) is 19.2. The summed E-state index contributed by atoms with van der Waals surface area (Å²) in [5.74, 6) is -0.216. The highest BCUT2D eigenvalue weighted by Crippen LogP contribution is 2.26. The molecule has 5 rings (SSSR count). The van der Waals surface area contributed by atoms with E-state index in [1.165, 1.54) is 42.2 Å². The molecule has 0 unspecified atom stereocenters. The van der Waals surface area contributed by atoms with Gasteiger partial charge in [-0.05, 0) is 74.8 Å². The molecule has 1 aromatic carbocycles. The quantitative estimate of drug-likeness (QED) is 0.287. The van der Waals surface area contributed by atoms with Crippen molar-refractivity contribution >= 4 is 55.1 Å². The van der Waals surface area contributed by atoms with Gasteiger partial charge in [0.25, 0.3) is 5.56 Å². The van der Waals surface area contributed by atoms with Crippen LogP contribution in [0.3, 0.4) is 0 Å². The highest BCUT2D eigenvalue weighted by atomic mass is 35.5. The van der Waals surface area contributed by atoms with Crippen LogP contribution in [0.25, 0.3) is 16.7 Å². The highest BCUT2D eigenvalue weighted by Gasteiger charge is 2.22. The average Bonchev–Trinajstić information content (AvgIpc) is 3.37. The molecule has 4 aromatic rings. The third-order valence-electron chi connectivity index (χ3n) is 6.89. The number of likely N-dealkylation sites (tertiary alicyclic amines) is 1. The lowest BCUT2D eigenvalue weighted by molar-refractivity contribution is -0.116. The Morgan fingerprint density at radius 1 is 1.10 bits per heavy atom. The van der Waals surface area contributed by atoms with Crippen molar-refractivity contribution in [2.24, 2.45) is 0 Å². The number of benzene rings is 1. The summed E-state index contributed by atoms with van der Waals surface area (Å²) in [4.78, 5) is 37.4. The predicted octanol–water partition coefficient (Wildman–Crippen LogP) is 4.29. The number of nitrogens with zero attached hydrogens (tertiary/aromatic N) is 4. The van der Waals surface area contributed by atoms with Crippen LogP contribution in [0, 0.1) is 6.92 Å². The van der Waals surface area contributed by atoms with Crippen molar-refractivity contribution in [1.82, 2.24) is 19.4 Å². The van der Waals surface area contributed by atoms with Gasteiger partial charge < -0.3 is 10.2 Å². The van der Waals surface area contributed by atoms with E-state index in [-0.39, 0.29) is 16.2 Å². The van der Waals surface area contributed by atoms with E-state index in [1.807, 2.05) is 12.1 Å². The lowest BCUT2D eigenvalue weighted by Gasteiger charge is -2.26. The number of Topliss-reactive ketones (excluding diaryl/α,β-unsaturated/α-hetero) is 1. The van der Waals surface area contributed by atoms with Crippen LogP contribution in [0.1, 0.15) is 30.7 Å². The predicted molar refractivity (Wildman–Crippen MR) is 159 cm³/mol. The average molecular weight is 600 g/mol. The summed E-state index contributed by atoms with van der Waals surface area (Å²) in [7, 11) is -3.75. The summed E-state index contributed by atoms with van der Waals surface area (Å²) in [5, 5.41) is 3.92. The smallest absolute Gasteiger partial charge is 0.267 e. The number of thiophene rings is 1. The molecule has 0 aliphatic carbocycles. The van der Waals surface area contributed by atoms with Crippen LogP contribution >= 0.6 is 22.9 Å². The number of ketones is 1. The number of halogens is 1. The number of hydrogen-bond acceptors (Lipinski definition) is 9.